The predicted molar refractivity (Wildman–Crippen MR) is 83.3 cm³/mol. The SMILES string of the molecule is COc1cc(C#Cc2ccc(C)cc2)cc(OC)c1OC. The molecule has 3 nitrogen and oxygen atoms in total. The number of aryl methyl sites for hydroxylation is 1. The van der Waals surface area contributed by atoms with Crippen LogP contribution in [-0.2, 0) is 0 Å². The number of benzene rings is 2. The van der Waals surface area contributed by atoms with Gasteiger partial charge in [0.05, 0.1) is 21.3 Å². The first-order chi connectivity index (χ1) is 10.2. The Kier molecular flexibility index (Phi) is 4.73. The molecule has 0 atom stereocenters. The highest BCUT2D eigenvalue weighted by Crippen LogP contribution is 2.37. The zero-order chi connectivity index (χ0) is 15.2. The number of ether oxygens (including phenoxy) is 3. The van der Waals surface area contributed by atoms with Gasteiger partial charge < -0.3 is 14.2 Å². The van der Waals surface area contributed by atoms with Gasteiger partial charge in [-0.25, -0.2) is 0 Å². The summed E-state index contributed by atoms with van der Waals surface area (Å²) < 4.78 is 15.9. The Hall–Kier alpha value is -2.60. The molecule has 108 valence electrons. The largest absolute Gasteiger partial charge is 0.493 e. The number of hydrogen-bond donors (Lipinski definition) is 0. The van der Waals surface area contributed by atoms with Crippen LogP contribution >= 0.6 is 0 Å². The number of rotatable bonds is 3. The highest BCUT2D eigenvalue weighted by molar-refractivity contribution is 5.58. The quantitative estimate of drug-likeness (QED) is 0.807. The van der Waals surface area contributed by atoms with E-state index in [1.165, 1.54) is 5.56 Å². The molecule has 2 aromatic carbocycles. The van der Waals surface area contributed by atoms with E-state index >= 15 is 0 Å². The van der Waals surface area contributed by atoms with Crippen LogP contribution in [0.1, 0.15) is 16.7 Å². The fraction of sp³-hybridized carbons (Fsp3) is 0.222. The summed E-state index contributed by atoms with van der Waals surface area (Å²) in [6, 6.07) is 11.8. The monoisotopic (exact) mass is 282 g/mol. The standard InChI is InChI=1S/C18H18O3/c1-13-5-7-14(8-6-13)9-10-15-11-16(19-2)18(21-4)17(12-15)20-3/h5-8,11-12H,1-4H3. The van der Waals surface area contributed by atoms with Crippen molar-refractivity contribution >= 4 is 0 Å². The Bertz CT molecular complexity index is 651. The second-order valence-corrected chi connectivity index (χ2v) is 4.53. The van der Waals surface area contributed by atoms with Crippen LogP contribution in [0, 0.1) is 18.8 Å². The van der Waals surface area contributed by atoms with Crippen molar-refractivity contribution in [2.45, 2.75) is 6.92 Å². The molecule has 0 aliphatic heterocycles. The lowest BCUT2D eigenvalue weighted by molar-refractivity contribution is 0.324. The summed E-state index contributed by atoms with van der Waals surface area (Å²) in [6.45, 7) is 2.05. The van der Waals surface area contributed by atoms with E-state index in [1.807, 2.05) is 36.4 Å². The Labute approximate surface area is 125 Å². The molecule has 0 unspecified atom stereocenters. The van der Waals surface area contributed by atoms with Gasteiger partial charge in [0.2, 0.25) is 5.75 Å². The van der Waals surface area contributed by atoms with E-state index in [-0.39, 0.29) is 0 Å². The van der Waals surface area contributed by atoms with E-state index in [9.17, 15) is 0 Å². The van der Waals surface area contributed by atoms with E-state index < -0.39 is 0 Å². The molecule has 0 saturated heterocycles. The third-order valence-corrected chi connectivity index (χ3v) is 3.07. The lowest BCUT2D eigenvalue weighted by atomic mass is 10.1. The van der Waals surface area contributed by atoms with Crippen LogP contribution in [0.15, 0.2) is 36.4 Å². The Balaban J connectivity index is 2.39. The molecule has 0 heterocycles. The second-order valence-electron chi connectivity index (χ2n) is 4.53. The smallest absolute Gasteiger partial charge is 0.203 e. The Morgan fingerprint density at radius 2 is 1.24 bits per heavy atom. The van der Waals surface area contributed by atoms with Crippen LogP contribution in [0.2, 0.25) is 0 Å². The van der Waals surface area contributed by atoms with E-state index in [2.05, 4.69) is 18.8 Å². The first kappa shape index (κ1) is 14.8. The zero-order valence-corrected chi connectivity index (χ0v) is 12.7. The molecule has 0 spiro atoms. The lowest BCUT2D eigenvalue weighted by Crippen LogP contribution is -1.95. The minimum Gasteiger partial charge on any atom is -0.493 e. The van der Waals surface area contributed by atoms with E-state index in [1.54, 1.807) is 21.3 Å². The normalized spacial score (nSPS) is 9.52. The summed E-state index contributed by atoms with van der Waals surface area (Å²) >= 11 is 0. The van der Waals surface area contributed by atoms with E-state index in [0.717, 1.165) is 11.1 Å². The van der Waals surface area contributed by atoms with Crippen molar-refractivity contribution in [1.29, 1.82) is 0 Å². The van der Waals surface area contributed by atoms with Crippen LogP contribution in [-0.4, -0.2) is 21.3 Å². The molecule has 21 heavy (non-hydrogen) atoms. The first-order valence-corrected chi connectivity index (χ1v) is 6.56. The van der Waals surface area contributed by atoms with Gasteiger partial charge >= 0.3 is 0 Å². The van der Waals surface area contributed by atoms with Crippen molar-refractivity contribution in [1.82, 2.24) is 0 Å². The molecule has 2 aromatic rings. The molecule has 0 N–H and O–H groups in total. The molecule has 0 aliphatic carbocycles. The van der Waals surface area contributed by atoms with Crippen LogP contribution in [0.25, 0.3) is 0 Å². The molecule has 0 fully saturated rings. The van der Waals surface area contributed by atoms with Gasteiger partial charge in [-0.15, -0.1) is 0 Å². The summed E-state index contributed by atoms with van der Waals surface area (Å²) in [7, 11) is 4.76. The first-order valence-electron chi connectivity index (χ1n) is 6.56. The second kappa shape index (κ2) is 6.71. The van der Waals surface area contributed by atoms with Gasteiger partial charge in [-0.2, -0.15) is 0 Å². The van der Waals surface area contributed by atoms with E-state index in [4.69, 9.17) is 14.2 Å². The molecule has 3 heteroatoms. The van der Waals surface area contributed by atoms with Crippen molar-refractivity contribution in [2.75, 3.05) is 21.3 Å². The van der Waals surface area contributed by atoms with E-state index in [0.29, 0.717) is 17.2 Å². The molecule has 0 aromatic heterocycles. The number of hydrogen-bond acceptors (Lipinski definition) is 3. The predicted octanol–water partition coefficient (Wildman–Crippen LogP) is 3.42. The maximum atomic E-state index is 5.31. The van der Waals surface area contributed by atoms with Gasteiger partial charge in [0.25, 0.3) is 0 Å². The van der Waals surface area contributed by atoms with Crippen molar-refractivity contribution < 1.29 is 14.2 Å². The number of methoxy groups -OCH3 is 3. The lowest BCUT2D eigenvalue weighted by Gasteiger charge is -2.12. The van der Waals surface area contributed by atoms with Gasteiger partial charge in [-0.3, -0.25) is 0 Å². The third kappa shape index (κ3) is 3.49. The Morgan fingerprint density at radius 1 is 0.714 bits per heavy atom. The molecule has 0 radical (unpaired) electrons. The summed E-state index contributed by atoms with van der Waals surface area (Å²) in [5.74, 6) is 8.02. The van der Waals surface area contributed by atoms with Crippen LogP contribution < -0.4 is 14.2 Å². The third-order valence-electron chi connectivity index (χ3n) is 3.07. The minimum atomic E-state index is 0.570. The fourth-order valence-corrected chi connectivity index (χ4v) is 1.93. The van der Waals surface area contributed by atoms with Crippen molar-refractivity contribution in [2.24, 2.45) is 0 Å². The molecule has 0 aliphatic rings. The average Bonchev–Trinajstić information content (AvgIpc) is 2.53. The Morgan fingerprint density at radius 3 is 1.71 bits per heavy atom. The molecule has 2 rings (SSSR count). The minimum absolute atomic E-state index is 0.570. The molecular weight excluding hydrogens is 264 g/mol. The molecule has 0 bridgehead atoms. The van der Waals surface area contributed by atoms with Crippen molar-refractivity contribution in [3.8, 4) is 29.1 Å². The molecular formula is C18H18O3. The van der Waals surface area contributed by atoms with Gasteiger partial charge in [-0.05, 0) is 31.2 Å². The van der Waals surface area contributed by atoms with Crippen molar-refractivity contribution in [3.63, 3.8) is 0 Å². The highest BCUT2D eigenvalue weighted by Gasteiger charge is 2.12. The van der Waals surface area contributed by atoms with Crippen LogP contribution in [0.3, 0.4) is 0 Å². The summed E-state index contributed by atoms with van der Waals surface area (Å²) in [6.07, 6.45) is 0. The van der Waals surface area contributed by atoms with Gasteiger partial charge in [0, 0.05) is 11.1 Å². The fourth-order valence-electron chi connectivity index (χ4n) is 1.93. The maximum absolute atomic E-state index is 5.31. The summed E-state index contributed by atoms with van der Waals surface area (Å²) in [4.78, 5) is 0. The molecule has 0 amide bonds. The van der Waals surface area contributed by atoms with Gasteiger partial charge in [-0.1, -0.05) is 29.5 Å². The maximum Gasteiger partial charge on any atom is 0.203 e. The van der Waals surface area contributed by atoms with Crippen LogP contribution in [0.5, 0.6) is 17.2 Å². The zero-order valence-electron chi connectivity index (χ0n) is 12.7. The topological polar surface area (TPSA) is 27.7 Å². The average molecular weight is 282 g/mol. The van der Waals surface area contributed by atoms with Gasteiger partial charge in [0.15, 0.2) is 11.5 Å². The van der Waals surface area contributed by atoms with Crippen molar-refractivity contribution in [3.05, 3.63) is 53.1 Å². The summed E-state index contributed by atoms with van der Waals surface area (Å²) in [5.41, 5.74) is 2.99. The molecule has 0 saturated carbocycles. The van der Waals surface area contributed by atoms with Crippen LogP contribution in [0.4, 0.5) is 0 Å². The highest BCUT2D eigenvalue weighted by atomic mass is 16.5. The summed E-state index contributed by atoms with van der Waals surface area (Å²) in [5, 5.41) is 0. The van der Waals surface area contributed by atoms with Gasteiger partial charge in [0.1, 0.15) is 0 Å².